The highest BCUT2D eigenvalue weighted by Crippen LogP contribution is 2.34. The molecule has 0 bridgehead atoms. The van der Waals surface area contributed by atoms with Crippen LogP contribution in [0, 0.1) is 0 Å². The minimum Gasteiger partial charge on any atom is -0.283 e. The Kier molecular flexibility index (Phi) is 4.73. The normalized spacial score (nSPS) is 21.6. The van der Waals surface area contributed by atoms with Crippen LogP contribution in [0.25, 0.3) is 16.9 Å². The van der Waals surface area contributed by atoms with Gasteiger partial charge in [-0.05, 0) is 49.6 Å². The minimum absolute atomic E-state index is 0.00782. The summed E-state index contributed by atoms with van der Waals surface area (Å²) in [5, 5.41) is 5.68. The number of amides is 1. The maximum absolute atomic E-state index is 13.6. The predicted molar refractivity (Wildman–Crippen MR) is 129 cm³/mol. The molecule has 2 heterocycles. The Morgan fingerprint density at radius 1 is 1.19 bits per heavy atom. The van der Waals surface area contributed by atoms with Crippen LogP contribution >= 0.6 is 39.1 Å². The fourth-order valence-corrected chi connectivity index (χ4v) is 4.04. The summed E-state index contributed by atoms with van der Waals surface area (Å²) in [5.74, 6) is -0.943. The first-order chi connectivity index (χ1) is 17.6. The number of hydrogen-bond donors (Lipinski definition) is 1. The summed E-state index contributed by atoms with van der Waals surface area (Å²) in [6.45, 7) is -6.83. The molecule has 1 aliphatic heterocycles. The molecule has 162 valence electrons. The van der Waals surface area contributed by atoms with Crippen LogP contribution in [0.1, 0.15) is 51.8 Å². The Morgan fingerprint density at radius 3 is 2.61 bits per heavy atom. The molecule has 0 unspecified atom stereocenters. The second-order valence-electron chi connectivity index (χ2n) is 6.81. The van der Waals surface area contributed by atoms with E-state index in [1.165, 1.54) is 10.7 Å². The Balaban J connectivity index is 1.93. The number of hydrogen-bond acceptors (Lipinski definition) is 3. The van der Waals surface area contributed by atoms with E-state index in [2.05, 4.69) is 26.5 Å². The Labute approximate surface area is 210 Å². The number of nitrogens with one attached hydrogen (secondary N) is 1. The van der Waals surface area contributed by atoms with E-state index < -0.39 is 32.2 Å². The summed E-state index contributed by atoms with van der Waals surface area (Å²) in [6, 6.07) is 11.6. The van der Waals surface area contributed by atoms with Gasteiger partial charge in [0, 0.05) is 43.2 Å². The average Bonchev–Trinajstić information content (AvgIpc) is 3.13. The van der Waals surface area contributed by atoms with Gasteiger partial charge in [0.05, 0.1) is 16.4 Å². The van der Waals surface area contributed by atoms with Gasteiger partial charge in [0.2, 0.25) is 0 Å². The summed E-state index contributed by atoms with van der Waals surface area (Å²) in [5.41, 5.74) is 3.31. The third-order valence-corrected chi connectivity index (χ3v) is 5.80. The van der Waals surface area contributed by atoms with Gasteiger partial charge in [0.15, 0.2) is 5.69 Å². The lowest BCUT2D eigenvalue weighted by atomic mass is 10.0. The Morgan fingerprint density at radius 2 is 1.94 bits per heavy atom. The predicted octanol–water partition coefficient (Wildman–Crippen LogP) is 6.30. The molecular weight excluding hydrogens is 499 g/mol. The molecule has 1 N–H and O–H groups in total. The van der Waals surface area contributed by atoms with Gasteiger partial charge in [-0.2, -0.15) is 5.10 Å². The lowest BCUT2D eigenvalue weighted by molar-refractivity contribution is 0.0743. The van der Waals surface area contributed by atoms with Crippen molar-refractivity contribution in [3.63, 3.8) is 0 Å². The highest BCUT2D eigenvalue weighted by molar-refractivity contribution is 9.10. The fraction of sp³-hybridized carbons (Fsp3) is 0.304. The standard InChI is InChI=1S/C23H23BrCl2N4O/c1-2-18-21(23(31)28-29-12-4-3-5-13-29)27-30(20-11-10-17(25)14-19(20)26)22(18)15-6-8-16(24)9-7-15/h6-11,14H,2-5,12-13H2,1H3,(H,28,31)/i1D3,12D2,13D2. The van der Waals surface area contributed by atoms with Crippen molar-refractivity contribution in [2.75, 3.05) is 13.0 Å². The number of halogens is 3. The molecule has 1 aromatic heterocycles. The molecule has 2 aromatic carbocycles. The lowest BCUT2D eigenvalue weighted by Gasteiger charge is -2.26. The first kappa shape index (κ1) is 15.1. The monoisotopic (exact) mass is 527 g/mol. The van der Waals surface area contributed by atoms with Crippen molar-refractivity contribution >= 4 is 45.0 Å². The summed E-state index contributed by atoms with van der Waals surface area (Å²) < 4.78 is 59.0. The van der Waals surface area contributed by atoms with Crippen molar-refractivity contribution < 1.29 is 14.4 Å². The first-order valence-corrected chi connectivity index (χ1v) is 11.1. The third kappa shape index (κ3) is 4.82. The Bertz CT molecular complexity index is 1350. The molecule has 0 saturated carbocycles. The van der Waals surface area contributed by atoms with Crippen molar-refractivity contribution in [1.82, 2.24) is 20.2 Å². The van der Waals surface area contributed by atoms with Gasteiger partial charge >= 0.3 is 0 Å². The molecule has 3 aromatic rings. The fourth-order valence-electron chi connectivity index (χ4n) is 3.29. The van der Waals surface area contributed by atoms with Crippen LogP contribution in [0.15, 0.2) is 46.9 Å². The minimum atomic E-state index is -2.49. The molecule has 0 atom stereocenters. The number of aromatic nitrogens is 2. The second-order valence-corrected chi connectivity index (χ2v) is 8.57. The topological polar surface area (TPSA) is 50.2 Å². The van der Waals surface area contributed by atoms with Gasteiger partial charge < -0.3 is 0 Å². The van der Waals surface area contributed by atoms with Gasteiger partial charge in [0.1, 0.15) is 0 Å². The lowest BCUT2D eigenvalue weighted by Crippen LogP contribution is -2.45. The van der Waals surface area contributed by atoms with E-state index in [1.807, 2.05) is 0 Å². The molecule has 8 heteroatoms. The molecule has 1 aliphatic rings. The van der Waals surface area contributed by atoms with Crippen molar-refractivity contribution in [1.29, 1.82) is 0 Å². The van der Waals surface area contributed by atoms with Crippen LogP contribution in [-0.4, -0.2) is 33.7 Å². The molecule has 4 rings (SSSR count). The number of carbonyl (C=O) groups is 1. The van der Waals surface area contributed by atoms with Gasteiger partial charge in [0.25, 0.3) is 5.91 Å². The highest BCUT2D eigenvalue weighted by Gasteiger charge is 2.26. The van der Waals surface area contributed by atoms with Crippen LogP contribution in [0.5, 0.6) is 0 Å². The molecule has 0 spiro atoms. The van der Waals surface area contributed by atoms with E-state index in [1.54, 1.807) is 36.4 Å². The number of nitrogens with zero attached hydrogens (tertiary/aromatic N) is 3. The van der Waals surface area contributed by atoms with Crippen LogP contribution in [0.3, 0.4) is 0 Å². The molecule has 0 aliphatic carbocycles. The summed E-state index contributed by atoms with van der Waals surface area (Å²) in [6.07, 6.45) is -0.220. The zero-order valence-electron chi connectivity index (χ0n) is 23.3. The smallest absolute Gasteiger partial charge is 0.283 e. The maximum Gasteiger partial charge on any atom is 0.286 e. The van der Waals surface area contributed by atoms with Gasteiger partial charge in [-0.3, -0.25) is 10.2 Å². The molecule has 31 heavy (non-hydrogen) atoms. The van der Waals surface area contributed by atoms with Crippen LogP contribution < -0.4 is 5.43 Å². The van der Waals surface area contributed by atoms with Crippen LogP contribution in [0.4, 0.5) is 0 Å². The summed E-state index contributed by atoms with van der Waals surface area (Å²) >= 11 is 15.9. The van der Waals surface area contributed by atoms with Crippen molar-refractivity contribution in [2.45, 2.75) is 32.5 Å². The number of carbonyl (C=O) groups excluding carboxylic acids is 1. The largest absolute Gasteiger partial charge is 0.286 e. The highest BCUT2D eigenvalue weighted by atomic mass is 79.9. The summed E-state index contributed by atoms with van der Waals surface area (Å²) in [7, 11) is 0. The van der Waals surface area contributed by atoms with Crippen LogP contribution in [-0.2, 0) is 6.42 Å². The van der Waals surface area contributed by atoms with Crippen molar-refractivity contribution in [3.8, 4) is 16.9 Å². The molecule has 0 radical (unpaired) electrons. The number of piperidine rings is 1. The van der Waals surface area contributed by atoms with E-state index in [9.17, 15) is 4.79 Å². The Hall–Kier alpha value is -1.86. The van der Waals surface area contributed by atoms with Crippen LogP contribution in [0.2, 0.25) is 10.0 Å². The quantitative estimate of drug-likeness (QED) is 0.422. The van der Waals surface area contributed by atoms with Crippen molar-refractivity contribution in [2.24, 2.45) is 0 Å². The molecule has 1 saturated heterocycles. The zero-order valence-corrected chi connectivity index (χ0v) is 19.4. The SMILES string of the molecule is [2H]C([2H])([2H])Cc1c(C(=O)NN2C([2H])([2H])CCCC2([2H])[2H])nn(-c2ccc(Cl)cc2Cl)c1-c1ccc(Br)cc1. The number of benzene rings is 2. The van der Waals surface area contributed by atoms with E-state index in [4.69, 9.17) is 32.8 Å². The zero-order chi connectivity index (χ0) is 28.0. The van der Waals surface area contributed by atoms with Gasteiger partial charge in [-0.1, -0.05) is 64.5 Å². The average molecular weight is 529 g/mol. The second kappa shape index (κ2) is 9.74. The maximum atomic E-state index is 13.6. The molecule has 5 nitrogen and oxygen atoms in total. The van der Waals surface area contributed by atoms with Gasteiger partial charge in [-0.15, -0.1) is 0 Å². The first-order valence-electron chi connectivity index (χ1n) is 13.0. The van der Waals surface area contributed by atoms with E-state index >= 15 is 0 Å². The number of hydrazine groups is 1. The molecular formula is C23H23BrCl2N4O. The van der Waals surface area contributed by atoms with E-state index in [-0.39, 0.29) is 29.1 Å². The van der Waals surface area contributed by atoms with Crippen molar-refractivity contribution in [3.05, 3.63) is 68.2 Å². The van der Waals surface area contributed by atoms with Gasteiger partial charge in [-0.25, -0.2) is 9.69 Å². The van der Waals surface area contributed by atoms with E-state index in [0.717, 1.165) is 4.47 Å². The molecule has 1 fully saturated rings. The molecule has 1 amide bonds. The third-order valence-electron chi connectivity index (χ3n) is 4.74. The summed E-state index contributed by atoms with van der Waals surface area (Å²) in [4.78, 5) is 13.6. The number of rotatable bonds is 5. The van der Waals surface area contributed by atoms with E-state index in [0.29, 0.717) is 33.4 Å².